The van der Waals surface area contributed by atoms with E-state index in [1.807, 2.05) is 19.1 Å². The predicted molar refractivity (Wildman–Crippen MR) is 79.3 cm³/mol. The first-order chi connectivity index (χ1) is 10.0. The van der Waals surface area contributed by atoms with Gasteiger partial charge in [0.25, 0.3) is 6.47 Å². The summed E-state index contributed by atoms with van der Waals surface area (Å²) in [5.74, 6) is 0.425. The van der Waals surface area contributed by atoms with Crippen molar-refractivity contribution in [3.8, 4) is 0 Å². The average Bonchev–Trinajstić information content (AvgIpc) is 2.48. The normalized spacial score (nSPS) is 17.6. The molecule has 0 amide bonds. The number of ether oxygens (including phenoxy) is 1. The third-order valence-corrected chi connectivity index (χ3v) is 5.86. The first kappa shape index (κ1) is 16.0. The first-order valence-electron chi connectivity index (χ1n) is 7.16. The van der Waals surface area contributed by atoms with E-state index >= 15 is 0 Å². The minimum Gasteiger partial charge on any atom is -0.468 e. The minimum absolute atomic E-state index is 0.357. The number of piperidine rings is 1. The summed E-state index contributed by atoms with van der Waals surface area (Å²) in [6.45, 7) is 3.86. The number of hydrogen-bond donors (Lipinski definition) is 0. The summed E-state index contributed by atoms with van der Waals surface area (Å²) >= 11 is 0. The smallest absolute Gasteiger partial charge is 0.293 e. The molecule has 1 aromatic carbocycles. The molecule has 0 N–H and O–H groups in total. The van der Waals surface area contributed by atoms with Gasteiger partial charge in [-0.05, 0) is 44.2 Å². The molecule has 0 unspecified atom stereocenters. The van der Waals surface area contributed by atoms with Crippen molar-refractivity contribution in [1.29, 1.82) is 0 Å². The second-order valence-electron chi connectivity index (χ2n) is 5.42. The Morgan fingerprint density at radius 2 is 1.86 bits per heavy atom. The molecule has 0 aliphatic carbocycles. The van der Waals surface area contributed by atoms with Gasteiger partial charge in [-0.2, -0.15) is 4.31 Å². The van der Waals surface area contributed by atoms with E-state index < -0.39 is 10.0 Å². The number of rotatable bonds is 6. The van der Waals surface area contributed by atoms with Crippen LogP contribution in [0.2, 0.25) is 0 Å². The number of benzene rings is 1. The van der Waals surface area contributed by atoms with Crippen LogP contribution in [0.15, 0.2) is 29.2 Å². The van der Waals surface area contributed by atoms with Gasteiger partial charge in [0.05, 0.1) is 11.5 Å². The highest BCUT2D eigenvalue weighted by Gasteiger charge is 2.29. The lowest BCUT2D eigenvalue weighted by atomic mass is 9.95. The predicted octanol–water partition coefficient (Wildman–Crippen LogP) is 1.96. The molecule has 6 heteroatoms. The van der Waals surface area contributed by atoms with Crippen LogP contribution < -0.4 is 0 Å². The van der Waals surface area contributed by atoms with Crippen LogP contribution in [0.25, 0.3) is 0 Å². The van der Waals surface area contributed by atoms with E-state index in [0.717, 1.165) is 24.8 Å². The Kier molecular flexibility index (Phi) is 5.36. The third kappa shape index (κ3) is 4.04. The van der Waals surface area contributed by atoms with E-state index in [9.17, 15) is 13.2 Å². The summed E-state index contributed by atoms with van der Waals surface area (Å²) in [5, 5.41) is 0. The van der Waals surface area contributed by atoms with Gasteiger partial charge in [-0.15, -0.1) is 0 Å². The Morgan fingerprint density at radius 3 is 2.43 bits per heavy atom. The van der Waals surface area contributed by atoms with Crippen molar-refractivity contribution >= 4 is 16.5 Å². The summed E-state index contributed by atoms with van der Waals surface area (Å²) in [4.78, 5) is 10.5. The van der Waals surface area contributed by atoms with Crippen molar-refractivity contribution in [2.75, 3.05) is 19.7 Å². The molecule has 116 valence electrons. The summed E-state index contributed by atoms with van der Waals surface area (Å²) in [6, 6.07) is 6.95. The second-order valence-corrected chi connectivity index (χ2v) is 7.35. The molecule has 0 radical (unpaired) electrons. The van der Waals surface area contributed by atoms with E-state index in [1.54, 1.807) is 16.4 Å². The molecular formula is C15H21NO4S. The minimum atomic E-state index is -3.38. The fourth-order valence-electron chi connectivity index (χ4n) is 2.58. The lowest BCUT2D eigenvalue weighted by Crippen LogP contribution is -2.38. The molecule has 2 rings (SSSR count). The Bertz CT molecular complexity index is 560. The van der Waals surface area contributed by atoms with E-state index in [4.69, 9.17) is 4.74 Å². The number of nitrogens with zero attached hydrogens (tertiary/aromatic N) is 1. The number of carbonyl (C=O) groups excluding carboxylic acids is 1. The van der Waals surface area contributed by atoms with Crippen molar-refractivity contribution in [3.05, 3.63) is 29.8 Å². The van der Waals surface area contributed by atoms with Crippen LogP contribution in [0.3, 0.4) is 0 Å². The molecule has 1 fully saturated rings. The first-order valence-corrected chi connectivity index (χ1v) is 8.60. The molecule has 0 bridgehead atoms. The lowest BCUT2D eigenvalue weighted by Gasteiger charge is -2.31. The number of carbonyl (C=O) groups is 1. The molecular weight excluding hydrogens is 290 g/mol. The highest BCUT2D eigenvalue weighted by atomic mass is 32.2. The molecule has 1 saturated heterocycles. The SMILES string of the molecule is Cc1ccc(S(=O)(=O)N2CCC(CCOC=O)CC2)cc1. The zero-order valence-electron chi connectivity index (χ0n) is 12.2. The molecule has 0 spiro atoms. The molecule has 1 aliphatic heterocycles. The van der Waals surface area contributed by atoms with Gasteiger partial charge < -0.3 is 4.74 Å². The zero-order chi connectivity index (χ0) is 15.3. The summed E-state index contributed by atoms with van der Waals surface area (Å²) in [7, 11) is -3.38. The van der Waals surface area contributed by atoms with Crippen LogP contribution in [0.1, 0.15) is 24.8 Å². The van der Waals surface area contributed by atoms with Gasteiger partial charge in [0.15, 0.2) is 0 Å². The summed E-state index contributed by atoms with van der Waals surface area (Å²) in [6.07, 6.45) is 2.43. The summed E-state index contributed by atoms with van der Waals surface area (Å²) < 4.78 is 31.3. The van der Waals surface area contributed by atoms with Crippen LogP contribution in [0.4, 0.5) is 0 Å². The van der Waals surface area contributed by atoms with Gasteiger partial charge in [-0.3, -0.25) is 4.79 Å². The molecule has 1 aromatic rings. The Balaban J connectivity index is 1.94. The van der Waals surface area contributed by atoms with Crippen LogP contribution in [-0.4, -0.2) is 38.9 Å². The van der Waals surface area contributed by atoms with Crippen LogP contribution in [0.5, 0.6) is 0 Å². The maximum Gasteiger partial charge on any atom is 0.293 e. The lowest BCUT2D eigenvalue weighted by molar-refractivity contribution is -0.129. The van der Waals surface area contributed by atoms with Gasteiger partial charge in [0.2, 0.25) is 10.0 Å². The molecule has 5 nitrogen and oxygen atoms in total. The van der Waals surface area contributed by atoms with Crippen molar-refractivity contribution < 1.29 is 17.9 Å². The molecule has 21 heavy (non-hydrogen) atoms. The van der Waals surface area contributed by atoms with Crippen LogP contribution >= 0.6 is 0 Å². The number of aryl methyl sites for hydroxylation is 1. The standard InChI is InChI=1S/C15H21NO4S/c1-13-2-4-15(5-3-13)21(18,19)16-9-6-14(7-10-16)8-11-20-12-17/h2-5,12,14H,6-11H2,1H3. The van der Waals surface area contributed by atoms with Crippen LogP contribution in [-0.2, 0) is 19.6 Å². The molecule has 0 aromatic heterocycles. The average molecular weight is 311 g/mol. The Morgan fingerprint density at radius 1 is 1.24 bits per heavy atom. The van der Waals surface area contributed by atoms with Crippen molar-refractivity contribution in [2.24, 2.45) is 5.92 Å². The quantitative estimate of drug-likeness (QED) is 0.595. The Hall–Kier alpha value is -1.40. The monoisotopic (exact) mass is 311 g/mol. The number of hydrogen-bond acceptors (Lipinski definition) is 4. The molecule has 1 heterocycles. The molecule has 0 atom stereocenters. The topological polar surface area (TPSA) is 63.7 Å². The van der Waals surface area contributed by atoms with Crippen molar-refractivity contribution in [3.63, 3.8) is 0 Å². The van der Waals surface area contributed by atoms with Gasteiger partial charge >= 0.3 is 0 Å². The summed E-state index contributed by atoms with van der Waals surface area (Å²) in [5.41, 5.74) is 1.04. The van der Waals surface area contributed by atoms with Crippen molar-refractivity contribution in [2.45, 2.75) is 31.1 Å². The fourth-order valence-corrected chi connectivity index (χ4v) is 4.05. The maximum atomic E-state index is 12.5. The van der Waals surface area contributed by atoms with Gasteiger partial charge in [-0.25, -0.2) is 8.42 Å². The highest BCUT2D eigenvalue weighted by Crippen LogP contribution is 2.25. The van der Waals surface area contributed by atoms with E-state index in [2.05, 4.69) is 0 Å². The largest absolute Gasteiger partial charge is 0.468 e. The van der Waals surface area contributed by atoms with E-state index in [0.29, 0.717) is 37.0 Å². The third-order valence-electron chi connectivity index (χ3n) is 3.94. The highest BCUT2D eigenvalue weighted by molar-refractivity contribution is 7.89. The van der Waals surface area contributed by atoms with E-state index in [-0.39, 0.29) is 0 Å². The van der Waals surface area contributed by atoms with Gasteiger partial charge in [0.1, 0.15) is 0 Å². The van der Waals surface area contributed by atoms with Gasteiger partial charge in [0, 0.05) is 13.1 Å². The second kappa shape index (κ2) is 7.04. The maximum absolute atomic E-state index is 12.5. The van der Waals surface area contributed by atoms with E-state index in [1.165, 1.54) is 0 Å². The zero-order valence-corrected chi connectivity index (χ0v) is 13.0. The number of sulfonamides is 1. The molecule has 0 saturated carbocycles. The fraction of sp³-hybridized carbons (Fsp3) is 0.533. The Labute approximate surface area is 126 Å². The van der Waals surface area contributed by atoms with Crippen LogP contribution in [0, 0.1) is 12.8 Å². The van der Waals surface area contributed by atoms with Crippen molar-refractivity contribution in [1.82, 2.24) is 4.31 Å². The van der Waals surface area contributed by atoms with Gasteiger partial charge in [-0.1, -0.05) is 17.7 Å². The molecule has 1 aliphatic rings.